The van der Waals surface area contributed by atoms with Gasteiger partial charge in [0.2, 0.25) is 0 Å². The summed E-state index contributed by atoms with van der Waals surface area (Å²) in [4.78, 5) is 15.6. The molecule has 0 saturated heterocycles. The summed E-state index contributed by atoms with van der Waals surface area (Å²) in [6.45, 7) is 7.58. The van der Waals surface area contributed by atoms with E-state index in [0.29, 0.717) is 19.1 Å². The number of carbonyl (C=O) groups excluding carboxylic acids is 1. The maximum Gasteiger partial charge on any atom is 0.407 e. The van der Waals surface area contributed by atoms with Gasteiger partial charge < -0.3 is 19.9 Å². The van der Waals surface area contributed by atoms with Crippen LogP contribution < -0.4 is 10.6 Å². The second-order valence-electron chi connectivity index (χ2n) is 6.13. The summed E-state index contributed by atoms with van der Waals surface area (Å²) in [7, 11) is 0. The first-order valence-electron chi connectivity index (χ1n) is 7.14. The van der Waals surface area contributed by atoms with Crippen LogP contribution in [-0.2, 0) is 11.3 Å². The van der Waals surface area contributed by atoms with E-state index in [0.717, 1.165) is 6.54 Å². The van der Waals surface area contributed by atoms with Crippen LogP contribution in [0.1, 0.15) is 45.3 Å². The molecule has 0 radical (unpaired) electrons. The van der Waals surface area contributed by atoms with Gasteiger partial charge in [-0.1, -0.05) is 0 Å². The van der Waals surface area contributed by atoms with Crippen LogP contribution in [0.4, 0.5) is 4.79 Å². The zero-order valence-corrected chi connectivity index (χ0v) is 12.5. The van der Waals surface area contributed by atoms with Crippen molar-refractivity contribution in [3.8, 4) is 0 Å². The number of imidazole rings is 1. The van der Waals surface area contributed by atoms with Crippen molar-refractivity contribution >= 4 is 6.09 Å². The van der Waals surface area contributed by atoms with Crippen molar-refractivity contribution in [1.82, 2.24) is 20.2 Å². The van der Waals surface area contributed by atoms with Crippen molar-refractivity contribution < 1.29 is 9.53 Å². The number of nitrogens with zero attached hydrogens (tertiary/aromatic N) is 2. The van der Waals surface area contributed by atoms with Gasteiger partial charge in [0.1, 0.15) is 5.60 Å². The van der Waals surface area contributed by atoms with Crippen LogP contribution in [0, 0.1) is 0 Å². The Morgan fingerprint density at radius 1 is 1.45 bits per heavy atom. The zero-order chi connectivity index (χ0) is 14.6. The lowest BCUT2D eigenvalue weighted by molar-refractivity contribution is 0.0528. The van der Waals surface area contributed by atoms with E-state index in [2.05, 4.69) is 20.2 Å². The fourth-order valence-corrected chi connectivity index (χ4v) is 1.93. The smallest absolute Gasteiger partial charge is 0.407 e. The molecule has 0 unspecified atom stereocenters. The van der Waals surface area contributed by atoms with E-state index in [-0.39, 0.29) is 6.09 Å². The highest BCUT2D eigenvalue weighted by molar-refractivity contribution is 5.67. The van der Waals surface area contributed by atoms with E-state index in [1.165, 1.54) is 18.5 Å². The molecular formula is C14H24N4O2. The quantitative estimate of drug-likeness (QED) is 0.780. The Balaban J connectivity index is 1.59. The summed E-state index contributed by atoms with van der Waals surface area (Å²) >= 11 is 0. The minimum absolute atomic E-state index is 0.373. The normalized spacial score (nSPS) is 15.2. The highest BCUT2D eigenvalue weighted by atomic mass is 16.6. The molecule has 6 heteroatoms. The van der Waals surface area contributed by atoms with Gasteiger partial charge in [-0.3, -0.25) is 0 Å². The highest BCUT2D eigenvalue weighted by Gasteiger charge is 2.24. The van der Waals surface area contributed by atoms with E-state index in [1.807, 2.05) is 33.3 Å². The van der Waals surface area contributed by atoms with Gasteiger partial charge in [-0.2, -0.15) is 0 Å². The van der Waals surface area contributed by atoms with Gasteiger partial charge in [-0.05, 0) is 33.6 Å². The molecule has 1 aromatic heterocycles. The van der Waals surface area contributed by atoms with Crippen molar-refractivity contribution in [2.45, 2.75) is 51.8 Å². The summed E-state index contributed by atoms with van der Waals surface area (Å²) in [5, 5.41) is 6.02. The number of ether oxygens (including phenoxy) is 1. The summed E-state index contributed by atoms with van der Waals surface area (Å²) in [5.74, 6) is 0. The van der Waals surface area contributed by atoms with E-state index in [9.17, 15) is 4.79 Å². The molecule has 0 bridgehead atoms. The topological polar surface area (TPSA) is 68.2 Å². The van der Waals surface area contributed by atoms with E-state index in [1.54, 1.807) is 0 Å². The van der Waals surface area contributed by atoms with Gasteiger partial charge in [0, 0.05) is 31.9 Å². The predicted molar refractivity (Wildman–Crippen MR) is 76.4 cm³/mol. The number of rotatable bonds is 6. The molecule has 20 heavy (non-hydrogen) atoms. The number of carbonyl (C=O) groups is 1. The number of amides is 1. The molecule has 2 N–H and O–H groups in total. The number of hydrogen-bond acceptors (Lipinski definition) is 4. The second kappa shape index (κ2) is 6.26. The van der Waals surface area contributed by atoms with Gasteiger partial charge in [-0.15, -0.1) is 0 Å². The molecule has 1 saturated carbocycles. The number of alkyl carbamates (subject to hydrolysis) is 1. The van der Waals surface area contributed by atoms with E-state index < -0.39 is 5.60 Å². The summed E-state index contributed by atoms with van der Waals surface area (Å²) < 4.78 is 7.39. The van der Waals surface area contributed by atoms with Crippen LogP contribution in [0.5, 0.6) is 0 Å². The lowest BCUT2D eigenvalue weighted by Crippen LogP contribution is -2.36. The van der Waals surface area contributed by atoms with Gasteiger partial charge >= 0.3 is 6.09 Å². The predicted octanol–water partition coefficient (Wildman–Crippen LogP) is 1.83. The first-order chi connectivity index (χ1) is 9.46. The SMILES string of the molecule is CC(C)(C)OC(=O)NCCNCc1cncn1C1CC1. The van der Waals surface area contributed by atoms with Gasteiger partial charge in [0.25, 0.3) is 0 Å². The molecule has 0 aliphatic heterocycles. The van der Waals surface area contributed by atoms with Crippen LogP contribution in [0.25, 0.3) is 0 Å². The van der Waals surface area contributed by atoms with Crippen LogP contribution in [-0.4, -0.2) is 34.3 Å². The minimum Gasteiger partial charge on any atom is -0.444 e. The summed E-state index contributed by atoms with van der Waals surface area (Å²) in [6, 6.07) is 0.647. The van der Waals surface area contributed by atoms with Crippen LogP contribution in [0.3, 0.4) is 0 Å². The molecule has 1 heterocycles. The maximum absolute atomic E-state index is 11.4. The lowest BCUT2D eigenvalue weighted by atomic mass is 10.2. The highest BCUT2D eigenvalue weighted by Crippen LogP contribution is 2.35. The fraction of sp³-hybridized carbons (Fsp3) is 0.714. The molecule has 112 valence electrons. The van der Waals surface area contributed by atoms with Gasteiger partial charge in [0.05, 0.1) is 12.0 Å². The Hall–Kier alpha value is -1.56. The molecular weight excluding hydrogens is 256 g/mol. The van der Waals surface area contributed by atoms with Crippen molar-refractivity contribution in [3.63, 3.8) is 0 Å². The third kappa shape index (κ3) is 4.85. The molecule has 1 amide bonds. The third-order valence-corrected chi connectivity index (χ3v) is 2.96. The molecule has 0 spiro atoms. The van der Waals surface area contributed by atoms with Crippen molar-refractivity contribution in [2.75, 3.05) is 13.1 Å². The van der Waals surface area contributed by atoms with Crippen LogP contribution in [0.2, 0.25) is 0 Å². The number of hydrogen-bond donors (Lipinski definition) is 2. The summed E-state index contributed by atoms with van der Waals surface area (Å²) in [6.07, 6.45) is 5.93. The Kier molecular flexibility index (Phi) is 4.65. The minimum atomic E-state index is -0.450. The fourth-order valence-electron chi connectivity index (χ4n) is 1.93. The Bertz CT molecular complexity index is 446. The molecule has 1 aliphatic carbocycles. The molecule has 0 atom stereocenters. The summed E-state index contributed by atoms with van der Waals surface area (Å²) in [5.41, 5.74) is 0.749. The monoisotopic (exact) mass is 280 g/mol. The molecule has 1 aromatic rings. The first-order valence-corrected chi connectivity index (χ1v) is 7.14. The molecule has 2 rings (SSSR count). The Labute approximate surface area is 119 Å². The van der Waals surface area contributed by atoms with E-state index >= 15 is 0 Å². The van der Waals surface area contributed by atoms with Gasteiger partial charge in [-0.25, -0.2) is 9.78 Å². The Morgan fingerprint density at radius 3 is 2.85 bits per heavy atom. The number of aromatic nitrogens is 2. The number of nitrogens with one attached hydrogen (secondary N) is 2. The lowest BCUT2D eigenvalue weighted by Gasteiger charge is -2.19. The second-order valence-corrected chi connectivity index (χ2v) is 6.13. The first kappa shape index (κ1) is 14.8. The molecule has 1 fully saturated rings. The molecule has 1 aliphatic rings. The van der Waals surface area contributed by atoms with Gasteiger partial charge in [0.15, 0.2) is 0 Å². The Morgan fingerprint density at radius 2 is 2.20 bits per heavy atom. The zero-order valence-electron chi connectivity index (χ0n) is 12.5. The van der Waals surface area contributed by atoms with Crippen LogP contribution >= 0.6 is 0 Å². The van der Waals surface area contributed by atoms with Crippen molar-refractivity contribution in [1.29, 1.82) is 0 Å². The van der Waals surface area contributed by atoms with Crippen molar-refractivity contribution in [3.05, 3.63) is 18.2 Å². The molecule has 6 nitrogen and oxygen atoms in total. The van der Waals surface area contributed by atoms with E-state index in [4.69, 9.17) is 4.74 Å². The largest absolute Gasteiger partial charge is 0.444 e. The maximum atomic E-state index is 11.4. The average molecular weight is 280 g/mol. The molecule has 0 aromatic carbocycles. The average Bonchev–Trinajstić information content (AvgIpc) is 3.07. The van der Waals surface area contributed by atoms with Crippen LogP contribution in [0.15, 0.2) is 12.5 Å². The third-order valence-electron chi connectivity index (χ3n) is 2.96. The van der Waals surface area contributed by atoms with Crippen molar-refractivity contribution in [2.24, 2.45) is 0 Å². The standard InChI is InChI=1S/C14H24N4O2/c1-14(2,3)20-13(19)17-7-6-15-8-12-9-16-10-18(12)11-4-5-11/h9-11,15H,4-8H2,1-3H3,(H,17,19).